The van der Waals surface area contributed by atoms with Crippen molar-refractivity contribution in [1.82, 2.24) is 14.6 Å². The van der Waals surface area contributed by atoms with Crippen molar-refractivity contribution < 1.29 is 13.5 Å². The zero-order chi connectivity index (χ0) is 15.4. The van der Waals surface area contributed by atoms with Crippen molar-refractivity contribution in [3.63, 3.8) is 0 Å². The summed E-state index contributed by atoms with van der Waals surface area (Å²) in [5, 5.41) is 7.45. The van der Waals surface area contributed by atoms with E-state index in [1.807, 2.05) is 30.3 Å². The summed E-state index contributed by atoms with van der Waals surface area (Å²) in [5.41, 5.74) is 1.30. The molecule has 0 saturated carbocycles. The fraction of sp³-hybridized carbons (Fsp3) is 0.250. The summed E-state index contributed by atoms with van der Waals surface area (Å²) in [6.45, 7) is 0.319. The highest BCUT2D eigenvalue weighted by Crippen LogP contribution is 2.32. The molecule has 6 heteroatoms. The molecule has 0 bridgehead atoms. The number of aromatic nitrogens is 3. The third-order valence-corrected chi connectivity index (χ3v) is 3.39. The number of alkyl halides is 2. The molecule has 0 aliphatic rings. The van der Waals surface area contributed by atoms with Crippen LogP contribution in [0, 0.1) is 0 Å². The Kier molecular flexibility index (Phi) is 4.11. The second-order valence-corrected chi connectivity index (χ2v) is 5.00. The van der Waals surface area contributed by atoms with Gasteiger partial charge in [0.2, 0.25) is 0 Å². The van der Waals surface area contributed by atoms with Crippen LogP contribution in [0.2, 0.25) is 0 Å². The van der Waals surface area contributed by atoms with Crippen LogP contribution < -0.4 is 0 Å². The minimum Gasteiger partial charge on any atom is -0.377 e. The van der Waals surface area contributed by atoms with Gasteiger partial charge in [0.05, 0.1) is 13.2 Å². The molecule has 0 atom stereocenters. The van der Waals surface area contributed by atoms with E-state index in [-0.39, 0.29) is 18.6 Å². The van der Waals surface area contributed by atoms with Crippen LogP contribution >= 0.6 is 0 Å². The van der Waals surface area contributed by atoms with E-state index in [0.29, 0.717) is 12.3 Å². The molecule has 3 rings (SSSR count). The van der Waals surface area contributed by atoms with Crippen molar-refractivity contribution in [2.75, 3.05) is 6.61 Å². The lowest BCUT2D eigenvalue weighted by Gasteiger charge is -2.16. The van der Waals surface area contributed by atoms with Gasteiger partial charge < -0.3 is 4.74 Å². The molecule has 0 unspecified atom stereocenters. The summed E-state index contributed by atoms with van der Waals surface area (Å²) in [5.74, 6) is -2.95. The standard InChI is InChI=1S/C16H15F2N3O/c17-16(18,7-9-22-11-13-4-2-1-3-5-13)14-6-8-21-12-19-20-15(21)10-14/h1-6,8,10,12H,7,9,11H2. The second kappa shape index (κ2) is 6.19. The number of halogens is 2. The molecule has 0 aliphatic heterocycles. The van der Waals surface area contributed by atoms with E-state index < -0.39 is 5.92 Å². The molecule has 0 fully saturated rings. The molecule has 22 heavy (non-hydrogen) atoms. The minimum atomic E-state index is -2.95. The van der Waals surface area contributed by atoms with Gasteiger partial charge in [0.25, 0.3) is 5.92 Å². The third-order valence-electron chi connectivity index (χ3n) is 3.39. The molecule has 0 saturated heterocycles. The van der Waals surface area contributed by atoms with Gasteiger partial charge in [-0.3, -0.25) is 4.40 Å². The van der Waals surface area contributed by atoms with Crippen molar-refractivity contribution in [3.05, 3.63) is 66.1 Å². The van der Waals surface area contributed by atoms with Gasteiger partial charge in [-0.25, -0.2) is 8.78 Å². The van der Waals surface area contributed by atoms with Gasteiger partial charge in [0.15, 0.2) is 5.65 Å². The molecule has 114 valence electrons. The third kappa shape index (κ3) is 3.28. The first-order valence-electron chi connectivity index (χ1n) is 6.94. The molecular formula is C16H15F2N3O. The van der Waals surface area contributed by atoms with Gasteiger partial charge >= 0.3 is 0 Å². The number of ether oxygens (including phenoxy) is 1. The topological polar surface area (TPSA) is 39.4 Å². The largest absolute Gasteiger partial charge is 0.377 e. The predicted octanol–water partition coefficient (Wildman–Crippen LogP) is 3.43. The summed E-state index contributed by atoms with van der Waals surface area (Å²) >= 11 is 0. The molecular weight excluding hydrogens is 288 g/mol. The maximum absolute atomic E-state index is 14.2. The molecule has 2 heterocycles. The molecule has 0 amide bonds. The zero-order valence-corrected chi connectivity index (χ0v) is 11.8. The quantitative estimate of drug-likeness (QED) is 0.655. The summed E-state index contributed by atoms with van der Waals surface area (Å²) in [6.07, 6.45) is 2.63. The first kappa shape index (κ1) is 14.6. The number of benzene rings is 1. The number of pyridine rings is 1. The lowest BCUT2D eigenvalue weighted by Crippen LogP contribution is -2.16. The number of nitrogens with zero attached hydrogens (tertiary/aromatic N) is 3. The Morgan fingerprint density at radius 3 is 2.77 bits per heavy atom. The van der Waals surface area contributed by atoms with E-state index in [0.717, 1.165) is 5.56 Å². The number of rotatable bonds is 6. The average molecular weight is 303 g/mol. The maximum atomic E-state index is 14.2. The maximum Gasteiger partial charge on any atom is 0.275 e. The fourth-order valence-electron chi connectivity index (χ4n) is 2.15. The van der Waals surface area contributed by atoms with E-state index >= 15 is 0 Å². The van der Waals surface area contributed by atoms with Crippen molar-refractivity contribution in [3.8, 4) is 0 Å². The Morgan fingerprint density at radius 1 is 1.14 bits per heavy atom. The SMILES string of the molecule is FC(F)(CCOCc1ccccc1)c1ccn2cnnc2c1. The van der Waals surface area contributed by atoms with Crippen molar-refractivity contribution in [1.29, 1.82) is 0 Å². The van der Waals surface area contributed by atoms with Gasteiger partial charge in [-0.1, -0.05) is 30.3 Å². The lowest BCUT2D eigenvalue weighted by molar-refractivity contribution is -0.0409. The van der Waals surface area contributed by atoms with Crippen LogP contribution in [0.15, 0.2) is 55.0 Å². The molecule has 0 radical (unpaired) electrons. The smallest absolute Gasteiger partial charge is 0.275 e. The van der Waals surface area contributed by atoms with Crippen molar-refractivity contribution in [2.24, 2.45) is 0 Å². The summed E-state index contributed by atoms with van der Waals surface area (Å²) < 4.78 is 35.3. The van der Waals surface area contributed by atoms with E-state index in [1.165, 1.54) is 24.7 Å². The highest BCUT2D eigenvalue weighted by Gasteiger charge is 2.31. The number of fused-ring (bicyclic) bond motifs is 1. The molecule has 0 spiro atoms. The Hall–Kier alpha value is -2.34. The van der Waals surface area contributed by atoms with Crippen LogP contribution in [0.5, 0.6) is 0 Å². The van der Waals surface area contributed by atoms with Gasteiger partial charge in [-0.2, -0.15) is 0 Å². The molecule has 3 aromatic rings. The molecule has 1 aromatic carbocycles. The second-order valence-electron chi connectivity index (χ2n) is 5.00. The van der Waals surface area contributed by atoms with Gasteiger partial charge in [-0.15, -0.1) is 10.2 Å². The van der Waals surface area contributed by atoms with Crippen LogP contribution in [0.4, 0.5) is 8.78 Å². The van der Waals surface area contributed by atoms with Gasteiger partial charge in [0, 0.05) is 18.2 Å². The highest BCUT2D eigenvalue weighted by atomic mass is 19.3. The molecule has 4 nitrogen and oxygen atoms in total. The Morgan fingerprint density at radius 2 is 1.95 bits per heavy atom. The van der Waals surface area contributed by atoms with Crippen LogP contribution in [0.3, 0.4) is 0 Å². The Bertz CT molecular complexity index is 743. The van der Waals surface area contributed by atoms with Crippen molar-refractivity contribution >= 4 is 5.65 Å². The van der Waals surface area contributed by atoms with Crippen LogP contribution in [0.1, 0.15) is 17.5 Å². The summed E-state index contributed by atoms with van der Waals surface area (Å²) in [6, 6.07) is 12.2. The van der Waals surface area contributed by atoms with Crippen molar-refractivity contribution in [2.45, 2.75) is 19.0 Å². The first-order chi connectivity index (χ1) is 10.6. The average Bonchev–Trinajstić information content (AvgIpc) is 3.00. The van der Waals surface area contributed by atoms with E-state index in [4.69, 9.17) is 4.74 Å². The van der Waals surface area contributed by atoms with E-state index in [1.54, 1.807) is 4.40 Å². The highest BCUT2D eigenvalue weighted by molar-refractivity contribution is 5.41. The Balaban J connectivity index is 1.58. The fourth-order valence-corrected chi connectivity index (χ4v) is 2.15. The Labute approximate surface area is 126 Å². The first-order valence-corrected chi connectivity index (χ1v) is 6.94. The van der Waals surface area contributed by atoms with Gasteiger partial charge in [-0.05, 0) is 17.7 Å². The predicted molar refractivity (Wildman–Crippen MR) is 77.6 cm³/mol. The van der Waals surface area contributed by atoms with Gasteiger partial charge in [0.1, 0.15) is 6.33 Å². The monoisotopic (exact) mass is 303 g/mol. The van der Waals surface area contributed by atoms with E-state index in [9.17, 15) is 8.78 Å². The molecule has 0 aliphatic carbocycles. The summed E-state index contributed by atoms with van der Waals surface area (Å²) in [7, 11) is 0. The van der Waals surface area contributed by atoms with Crippen LogP contribution in [0.25, 0.3) is 5.65 Å². The van der Waals surface area contributed by atoms with Crippen LogP contribution in [-0.4, -0.2) is 21.2 Å². The van der Waals surface area contributed by atoms with E-state index in [2.05, 4.69) is 10.2 Å². The summed E-state index contributed by atoms with van der Waals surface area (Å²) in [4.78, 5) is 0. The molecule has 0 N–H and O–H groups in total. The zero-order valence-electron chi connectivity index (χ0n) is 11.8. The number of hydrogen-bond acceptors (Lipinski definition) is 3. The molecule has 2 aromatic heterocycles. The lowest BCUT2D eigenvalue weighted by atomic mass is 10.1. The minimum absolute atomic E-state index is 0.0141. The number of hydrogen-bond donors (Lipinski definition) is 0. The normalized spacial score (nSPS) is 11.9. The van der Waals surface area contributed by atoms with Crippen LogP contribution in [-0.2, 0) is 17.3 Å².